The number of rotatable bonds is 6. The van der Waals surface area contributed by atoms with Crippen molar-refractivity contribution in [2.24, 2.45) is 0 Å². The molecule has 1 aromatic carbocycles. The van der Waals surface area contributed by atoms with Crippen molar-refractivity contribution < 1.29 is 18.8 Å². The molecule has 0 bridgehead atoms. The average Bonchev–Trinajstić information content (AvgIpc) is 3.08. The van der Waals surface area contributed by atoms with Gasteiger partial charge in [-0.05, 0) is 42.1 Å². The Morgan fingerprint density at radius 3 is 2.50 bits per heavy atom. The molecule has 24 heavy (non-hydrogen) atoms. The molecule has 8 heteroatoms. The number of anilines is 1. The molecule has 3 amide bonds. The van der Waals surface area contributed by atoms with Crippen molar-refractivity contribution in [2.75, 3.05) is 18.4 Å². The van der Waals surface area contributed by atoms with Crippen LogP contribution in [-0.4, -0.2) is 30.8 Å². The summed E-state index contributed by atoms with van der Waals surface area (Å²) in [7, 11) is 0. The molecule has 0 unspecified atom stereocenters. The standard InChI is InChI=1S/C16H16FN3O3S/c1-10-7-11(17)4-5-12(10)20-15(22)9-18-14(21)8-19-16(23)13-3-2-6-24-13/h2-7H,8-9H2,1H3,(H,18,21)(H,19,23)(H,20,22). The van der Waals surface area contributed by atoms with Crippen molar-refractivity contribution in [1.29, 1.82) is 0 Å². The smallest absolute Gasteiger partial charge is 0.261 e. The van der Waals surface area contributed by atoms with Gasteiger partial charge >= 0.3 is 0 Å². The molecule has 0 radical (unpaired) electrons. The van der Waals surface area contributed by atoms with E-state index in [0.717, 1.165) is 0 Å². The molecule has 0 aliphatic heterocycles. The number of benzene rings is 1. The highest BCUT2D eigenvalue weighted by molar-refractivity contribution is 7.12. The van der Waals surface area contributed by atoms with Gasteiger partial charge in [-0.2, -0.15) is 0 Å². The number of carbonyl (C=O) groups excluding carboxylic acids is 3. The van der Waals surface area contributed by atoms with Crippen molar-refractivity contribution in [3.63, 3.8) is 0 Å². The van der Waals surface area contributed by atoms with Gasteiger partial charge in [0.15, 0.2) is 0 Å². The van der Waals surface area contributed by atoms with E-state index < -0.39 is 11.8 Å². The van der Waals surface area contributed by atoms with Crippen molar-refractivity contribution in [3.05, 3.63) is 52.0 Å². The Morgan fingerprint density at radius 1 is 1.08 bits per heavy atom. The van der Waals surface area contributed by atoms with Gasteiger partial charge in [0.05, 0.1) is 18.0 Å². The lowest BCUT2D eigenvalue weighted by Gasteiger charge is -2.09. The third-order valence-electron chi connectivity index (χ3n) is 3.06. The Hall–Kier alpha value is -2.74. The highest BCUT2D eigenvalue weighted by Gasteiger charge is 2.10. The topological polar surface area (TPSA) is 87.3 Å². The third kappa shape index (κ3) is 5.17. The van der Waals surface area contributed by atoms with Crippen molar-refractivity contribution in [3.8, 4) is 0 Å². The van der Waals surface area contributed by atoms with Gasteiger partial charge in [-0.25, -0.2) is 4.39 Å². The van der Waals surface area contributed by atoms with E-state index in [1.807, 2.05) is 0 Å². The summed E-state index contributed by atoms with van der Waals surface area (Å²) in [6.45, 7) is 1.20. The summed E-state index contributed by atoms with van der Waals surface area (Å²) in [5.41, 5.74) is 1.06. The van der Waals surface area contributed by atoms with Gasteiger partial charge < -0.3 is 16.0 Å². The Labute approximate surface area is 142 Å². The zero-order chi connectivity index (χ0) is 17.5. The molecule has 0 fully saturated rings. The molecular formula is C16H16FN3O3S. The second-order valence-corrected chi connectivity index (χ2v) is 5.89. The van der Waals surface area contributed by atoms with Crippen molar-refractivity contribution >= 4 is 34.7 Å². The monoisotopic (exact) mass is 349 g/mol. The summed E-state index contributed by atoms with van der Waals surface area (Å²) in [4.78, 5) is 35.6. The quantitative estimate of drug-likeness (QED) is 0.741. The van der Waals surface area contributed by atoms with Gasteiger partial charge in [0.2, 0.25) is 11.8 Å². The minimum absolute atomic E-state index is 0.223. The van der Waals surface area contributed by atoms with E-state index in [-0.39, 0.29) is 24.8 Å². The number of hydrogen-bond donors (Lipinski definition) is 3. The molecule has 6 nitrogen and oxygen atoms in total. The van der Waals surface area contributed by atoms with E-state index in [0.29, 0.717) is 16.1 Å². The second kappa shape index (κ2) is 8.21. The summed E-state index contributed by atoms with van der Waals surface area (Å²) < 4.78 is 13.0. The maximum absolute atomic E-state index is 13.0. The van der Waals surface area contributed by atoms with Crippen LogP contribution in [-0.2, 0) is 9.59 Å². The maximum atomic E-state index is 13.0. The summed E-state index contributed by atoms with van der Waals surface area (Å²) >= 11 is 1.27. The summed E-state index contributed by atoms with van der Waals surface area (Å²) in [5.74, 6) is -1.65. The highest BCUT2D eigenvalue weighted by atomic mass is 32.1. The van der Waals surface area contributed by atoms with Crippen LogP contribution in [0, 0.1) is 12.7 Å². The van der Waals surface area contributed by atoms with Crippen LogP contribution in [0.25, 0.3) is 0 Å². The van der Waals surface area contributed by atoms with E-state index in [4.69, 9.17) is 0 Å². The van der Waals surface area contributed by atoms with Gasteiger partial charge in [0.1, 0.15) is 5.82 Å². The normalized spacial score (nSPS) is 10.1. The zero-order valence-corrected chi connectivity index (χ0v) is 13.7. The molecule has 1 aromatic heterocycles. The number of halogens is 1. The first-order valence-electron chi connectivity index (χ1n) is 7.10. The number of carbonyl (C=O) groups is 3. The minimum Gasteiger partial charge on any atom is -0.345 e. The molecule has 2 rings (SSSR count). The Morgan fingerprint density at radius 2 is 1.83 bits per heavy atom. The Kier molecular flexibility index (Phi) is 6.02. The number of amides is 3. The lowest BCUT2D eigenvalue weighted by Crippen LogP contribution is -2.40. The molecule has 2 aromatic rings. The van der Waals surface area contributed by atoms with E-state index >= 15 is 0 Å². The molecule has 0 spiro atoms. The highest BCUT2D eigenvalue weighted by Crippen LogP contribution is 2.15. The van der Waals surface area contributed by atoms with Gasteiger partial charge in [-0.3, -0.25) is 14.4 Å². The van der Waals surface area contributed by atoms with Crippen LogP contribution in [0.1, 0.15) is 15.2 Å². The molecule has 3 N–H and O–H groups in total. The summed E-state index contributed by atoms with van der Waals surface area (Å²) in [6.07, 6.45) is 0. The van der Waals surface area contributed by atoms with E-state index in [1.54, 1.807) is 24.4 Å². The molecular weight excluding hydrogens is 333 g/mol. The first kappa shape index (κ1) is 17.6. The molecule has 126 valence electrons. The molecule has 0 saturated carbocycles. The van der Waals surface area contributed by atoms with Crippen LogP contribution in [0.2, 0.25) is 0 Å². The van der Waals surface area contributed by atoms with Gasteiger partial charge in [-0.15, -0.1) is 11.3 Å². The first-order chi connectivity index (χ1) is 11.5. The lowest BCUT2D eigenvalue weighted by atomic mass is 10.2. The van der Waals surface area contributed by atoms with E-state index in [1.165, 1.54) is 29.5 Å². The molecule has 0 aliphatic rings. The van der Waals surface area contributed by atoms with E-state index in [9.17, 15) is 18.8 Å². The fraction of sp³-hybridized carbons (Fsp3) is 0.188. The molecule has 0 saturated heterocycles. The fourth-order valence-corrected chi connectivity index (χ4v) is 2.50. The van der Waals surface area contributed by atoms with Crippen molar-refractivity contribution in [1.82, 2.24) is 10.6 Å². The SMILES string of the molecule is Cc1cc(F)ccc1NC(=O)CNC(=O)CNC(=O)c1cccs1. The molecule has 0 aliphatic carbocycles. The van der Waals surface area contributed by atoms with E-state index in [2.05, 4.69) is 16.0 Å². The lowest BCUT2D eigenvalue weighted by molar-refractivity contribution is -0.123. The van der Waals surface area contributed by atoms with Crippen LogP contribution >= 0.6 is 11.3 Å². The minimum atomic E-state index is -0.481. The molecule has 1 heterocycles. The third-order valence-corrected chi connectivity index (χ3v) is 3.93. The van der Waals surface area contributed by atoms with Crippen LogP contribution in [0.15, 0.2) is 35.7 Å². The number of thiophene rings is 1. The van der Waals surface area contributed by atoms with Gasteiger partial charge in [0, 0.05) is 5.69 Å². The van der Waals surface area contributed by atoms with Crippen LogP contribution in [0.5, 0.6) is 0 Å². The Balaban J connectivity index is 1.73. The van der Waals surface area contributed by atoms with Crippen LogP contribution < -0.4 is 16.0 Å². The number of hydrogen-bond acceptors (Lipinski definition) is 4. The maximum Gasteiger partial charge on any atom is 0.261 e. The largest absolute Gasteiger partial charge is 0.345 e. The summed E-state index contributed by atoms with van der Waals surface area (Å²) in [6, 6.07) is 7.37. The predicted molar refractivity (Wildman–Crippen MR) is 89.4 cm³/mol. The fourth-order valence-electron chi connectivity index (χ4n) is 1.86. The van der Waals surface area contributed by atoms with Gasteiger partial charge in [-0.1, -0.05) is 6.07 Å². The average molecular weight is 349 g/mol. The predicted octanol–water partition coefficient (Wildman–Crippen LogP) is 1.68. The zero-order valence-electron chi connectivity index (χ0n) is 12.9. The number of nitrogens with one attached hydrogen (secondary N) is 3. The Bertz CT molecular complexity index is 747. The van der Waals surface area contributed by atoms with Crippen molar-refractivity contribution in [2.45, 2.75) is 6.92 Å². The summed E-state index contributed by atoms with van der Waals surface area (Å²) in [5, 5.41) is 9.19. The molecule has 0 atom stereocenters. The van der Waals surface area contributed by atoms with Crippen LogP contribution in [0.4, 0.5) is 10.1 Å². The number of aryl methyl sites for hydroxylation is 1. The van der Waals surface area contributed by atoms with Gasteiger partial charge in [0.25, 0.3) is 5.91 Å². The van der Waals surface area contributed by atoms with Crippen LogP contribution in [0.3, 0.4) is 0 Å². The second-order valence-electron chi connectivity index (χ2n) is 4.94. The first-order valence-corrected chi connectivity index (χ1v) is 7.98.